The van der Waals surface area contributed by atoms with E-state index in [1.807, 2.05) is 16.7 Å². The number of hydrogen-bond donors (Lipinski definition) is 1. The van der Waals surface area contributed by atoms with Crippen LogP contribution in [-0.2, 0) is 0 Å². The molecule has 0 saturated heterocycles. The molecule has 0 atom stereocenters. The van der Waals surface area contributed by atoms with Gasteiger partial charge in [0.15, 0.2) is 4.77 Å². The Morgan fingerprint density at radius 2 is 1.91 bits per heavy atom. The summed E-state index contributed by atoms with van der Waals surface area (Å²) >= 11 is 11.2. The third-order valence-electron chi connectivity index (χ3n) is 3.21. The third-order valence-corrected chi connectivity index (χ3v) is 3.77. The smallest absolute Gasteiger partial charge is 0.270 e. The first-order valence-electron chi connectivity index (χ1n) is 6.37. The summed E-state index contributed by atoms with van der Waals surface area (Å²) in [7, 11) is 0. The second-order valence-corrected chi connectivity index (χ2v) is 5.42. The van der Waals surface area contributed by atoms with Gasteiger partial charge in [0.1, 0.15) is 0 Å². The molecule has 0 aliphatic heterocycles. The van der Waals surface area contributed by atoms with Crippen LogP contribution in [0.5, 0.6) is 0 Å². The summed E-state index contributed by atoms with van der Waals surface area (Å²) in [6, 6.07) is 13.6. The maximum atomic E-state index is 10.9. The first kappa shape index (κ1) is 14.5. The molecule has 0 aliphatic carbocycles. The number of imidazole rings is 1. The van der Waals surface area contributed by atoms with Gasteiger partial charge < -0.3 is 4.98 Å². The van der Waals surface area contributed by atoms with Crippen LogP contribution in [0.3, 0.4) is 0 Å². The summed E-state index contributed by atoms with van der Waals surface area (Å²) < 4.78 is 2.31. The number of nitro benzene ring substituents is 1. The second-order valence-electron chi connectivity index (χ2n) is 4.60. The predicted molar refractivity (Wildman–Crippen MR) is 88.1 cm³/mol. The zero-order valence-corrected chi connectivity index (χ0v) is 12.8. The van der Waals surface area contributed by atoms with Gasteiger partial charge in [-0.25, -0.2) is 0 Å². The van der Waals surface area contributed by atoms with Gasteiger partial charge in [-0.1, -0.05) is 23.7 Å². The van der Waals surface area contributed by atoms with Crippen molar-refractivity contribution in [2.45, 2.75) is 0 Å². The third kappa shape index (κ3) is 2.66. The number of halogens is 1. The average molecular weight is 332 g/mol. The van der Waals surface area contributed by atoms with Crippen LogP contribution in [0.15, 0.2) is 54.7 Å². The molecule has 22 heavy (non-hydrogen) atoms. The lowest BCUT2D eigenvalue weighted by Crippen LogP contribution is -1.97. The molecule has 3 rings (SSSR count). The number of nitrogens with zero attached hydrogens (tertiary/aromatic N) is 2. The van der Waals surface area contributed by atoms with Crippen molar-refractivity contribution in [2.24, 2.45) is 0 Å². The fourth-order valence-electron chi connectivity index (χ4n) is 2.21. The number of rotatable bonds is 3. The fourth-order valence-corrected chi connectivity index (χ4v) is 2.60. The first-order chi connectivity index (χ1) is 10.6. The minimum atomic E-state index is -0.419. The Hall–Kier alpha value is -2.44. The molecule has 0 amide bonds. The van der Waals surface area contributed by atoms with Crippen molar-refractivity contribution < 1.29 is 4.92 Å². The Morgan fingerprint density at radius 3 is 2.59 bits per heavy atom. The first-order valence-corrected chi connectivity index (χ1v) is 7.16. The van der Waals surface area contributed by atoms with E-state index in [-0.39, 0.29) is 5.69 Å². The molecule has 0 radical (unpaired) electrons. The number of nitro groups is 1. The normalized spacial score (nSPS) is 10.6. The molecule has 0 fully saturated rings. The van der Waals surface area contributed by atoms with E-state index in [1.165, 1.54) is 12.1 Å². The number of hydrogen-bond acceptors (Lipinski definition) is 3. The second kappa shape index (κ2) is 5.75. The highest BCUT2D eigenvalue weighted by atomic mass is 35.5. The summed E-state index contributed by atoms with van der Waals surface area (Å²) in [5.74, 6) is 0. The Morgan fingerprint density at radius 1 is 1.18 bits per heavy atom. The maximum absolute atomic E-state index is 10.9. The highest BCUT2D eigenvalue weighted by Crippen LogP contribution is 2.27. The number of non-ortho nitro benzene ring substituents is 1. The van der Waals surface area contributed by atoms with E-state index in [4.69, 9.17) is 23.8 Å². The zero-order chi connectivity index (χ0) is 15.7. The van der Waals surface area contributed by atoms with Crippen LogP contribution in [0.25, 0.3) is 16.9 Å². The molecule has 7 heteroatoms. The van der Waals surface area contributed by atoms with Crippen LogP contribution >= 0.6 is 23.8 Å². The van der Waals surface area contributed by atoms with Crippen molar-refractivity contribution in [3.05, 3.63) is 74.6 Å². The van der Waals surface area contributed by atoms with E-state index in [9.17, 15) is 10.1 Å². The van der Waals surface area contributed by atoms with Crippen LogP contribution in [0.1, 0.15) is 0 Å². The summed E-state index contributed by atoms with van der Waals surface area (Å²) in [6.07, 6.45) is 1.73. The molecule has 0 aliphatic rings. The predicted octanol–water partition coefficient (Wildman–Crippen LogP) is 4.76. The SMILES string of the molecule is O=[N+]([O-])c1cccc(-c2c[nH]c(=S)n2-c2ccc(Cl)cc2)c1. The molecule has 2 aromatic carbocycles. The summed E-state index contributed by atoms with van der Waals surface area (Å²) in [5, 5.41) is 11.6. The van der Waals surface area contributed by atoms with Crippen LogP contribution in [0, 0.1) is 14.9 Å². The Labute approximate surface area is 135 Å². The maximum Gasteiger partial charge on any atom is 0.270 e. The fraction of sp³-hybridized carbons (Fsp3) is 0. The summed E-state index contributed by atoms with van der Waals surface area (Å²) in [5.41, 5.74) is 2.32. The topological polar surface area (TPSA) is 63.9 Å². The van der Waals surface area contributed by atoms with Crippen LogP contribution in [0.4, 0.5) is 5.69 Å². The molecular weight excluding hydrogens is 322 g/mol. The van der Waals surface area contributed by atoms with Gasteiger partial charge >= 0.3 is 0 Å². The van der Waals surface area contributed by atoms with E-state index < -0.39 is 4.92 Å². The quantitative estimate of drug-likeness (QED) is 0.427. The van der Waals surface area contributed by atoms with E-state index in [0.717, 1.165) is 11.4 Å². The highest BCUT2D eigenvalue weighted by Gasteiger charge is 2.12. The Bertz CT molecular complexity index is 900. The van der Waals surface area contributed by atoms with Gasteiger partial charge in [0.05, 0.1) is 10.6 Å². The number of nitrogens with one attached hydrogen (secondary N) is 1. The monoisotopic (exact) mass is 331 g/mol. The lowest BCUT2D eigenvalue weighted by Gasteiger charge is -2.08. The summed E-state index contributed by atoms with van der Waals surface area (Å²) in [4.78, 5) is 13.5. The Balaban J connectivity index is 2.17. The van der Waals surface area contributed by atoms with Crippen LogP contribution < -0.4 is 0 Å². The van der Waals surface area contributed by atoms with Crippen molar-refractivity contribution >= 4 is 29.5 Å². The van der Waals surface area contributed by atoms with Crippen molar-refractivity contribution in [3.8, 4) is 16.9 Å². The molecule has 0 unspecified atom stereocenters. The van der Waals surface area contributed by atoms with Gasteiger partial charge in [0, 0.05) is 34.6 Å². The number of aromatic nitrogens is 2. The molecule has 110 valence electrons. The van der Waals surface area contributed by atoms with Crippen molar-refractivity contribution in [3.63, 3.8) is 0 Å². The van der Waals surface area contributed by atoms with Gasteiger partial charge in [-0.15, -0.1) is 0 Å². The molecule has 1 aromatic heterocycles. The standard InChI is InChI=1S/C15H10ClN3O2S/c16-11-4-6-12(7-5-11)18-14(9-17-15(18)22)10-2-1-3-13(8-10)19(20)21/h1-9H,(H,17,22). The average Bonchev–Trinajstić information content (AvgIpc) is 2.90. The zero-order valence-electron chi connectivity index (χ0n) is 11.2. The largest absolute Gasteiger partial charge is 0.336 e. The molecule has 5 nitrogen and oxygen atoms in total. The van der Waals surface area contributed by atoms with Crippen molar-refractivity contribution in [2.75, 3.05) is 0 Å². The summed E-state index contributed by atoms with van der Waals surface area (Å²) in [6.45, 7) is 0. The minimum Gasteiger partial charge on any atom is -0.336 e. The van der Waals surface area contributed by atoms with Crippen molar-refractivity contribution in [1.29, 1.82) is 0 Å². The van der Waals surface area contributed by atoms with Crippen molar-refractivity contribution in [1.82, 2.24) is 9.55 Å². The molecular formula is C15H10ClN3O2S. The van der Waals surface area contributed by atoms with E-state index >= 15 is 0 Å². The van der Waals surface area contributed by atoms with Gasteiger partial charge in [-0.3, -0.25) is 14.7 Å². The van der Waals surface area contributed by atoms with Gasteiger partial charge in [0.25, 0.3) is 5.69 Å². The molecule has 1 N–H and O–H groups in total. The highest BCUT2D eigenvalue weighted by molar-refractivity contribution is 7.71. The van der Waals surface area contributed by atoms with Crippen LogP contribution in [-0.4, -0.2) is 14.5 Å². The van der Waals surface area contributed by atoms with E-state index in [2.05, 4.69) is 4.98 Å². The molecule has 0 spiro atoms. The van der Waals surface area contributed by atoms with Crippen LogP contribution in [0.2, 0.25) is 5.02 Å². The number of benzene rings is 2. The lowest BCUT2D eigenvalue weighted by atomic mass is 10.1. The van der Waals surface area contributed by atoms with Gasteiger partial charge in [0.2, 0.25) is 0 Å². The lowest BCUT2D eigenvalue weighted by molar-refractivity contribution is -0.384. The minimum absolute atomic E-state index is 0.0345. The molecule has 1 heterocycles. The molecule has 0 saturated carbocycles. The van der Waals surface area contributed by atoms with Gasteiger partial charge in [-0.2, -0.15) is 0 Å². The number of H-pyrrole nitrogens is 1. The van der Waals surface area contributed by atoms with E-state index in [0.29, 0.717) is 15.4 Å². The van der Waals surface area contributed by atoms with E-state index in [1.54, 1.807) is 30.5 Å². The number of aromatic amines is 1. The van der Waals surface area contributed by atoms with Gasteiger partial charge in [-0.05, 0) is 36.5 Å². The molecule has 3 aromatic rings. The Kier molecular flexibility index (Phi) is 3.79. The molecule has 0 bridgehead atoms.